The van der Waals surface area contributed by atoms with Crippen molar-refractivity contribution < 1.29 is 23.4 Å². The molecule has 0 spiro atoms. The van der Waals surface area contributed by atoms with Gasteiger partial charge in [-0.2, -0.15) is 13.9 Å². The third-order valence-corrected chi connectivity index (χ3v) is 4.99. The molecule has 0 aliphatic carbocycles. The van der Waals surface area contributed by atoms with Crippen molar-refractivity contribution >= 4 is 28.0 Å². The Morgan fingerprint density at radius 1 is 1.38 bits per heavy atom. The van der Waals surface area contributed by atoms with Crippen LogP contribution in [-0.2, 0) is 6.54 Å². The lowest BCUT2D eigenvalue weighted by atomic mass is 10.0. The highest BCUT2D eigenvalue weighted by Gasteiger charge is 2.19. The molecule has 11 heteroatoms. The maximum atomic E-state index is 12.8. The molecule has 4 N–H and O–H groups in total. The Labute approximate surface area is 181 Å². The van der Waals surface area contributed by atoms with Crippen molar-refractivity contribution in [1.82, 2.24) is 24.7 Å². The van der Waals surface area contributed by atoms with Gasteiger partial charge in [-0.05, 0) is 44.9 Å². The second-order valence-corrected chi connectivity index (χ2v) is 8.18. The Kier molecular flexibility index (Phi) is 5.51. The SMILES string of the molecule is CC(C)(N)CCCn1nc(-c2cnc3[nH]cc(C(=O)O)c3n2)c2cc(OC(F)F)ccc21. The number of halogens is 2. The molecule has 0 aliphatic rings. The number of aromatic carboxylic acids is 1. The molecule has 0 radical (unpaired) electrons. The zero-order valence-corrected chi connectivity index (χ0v) is 17.5. The molecule has 9 nitrogen and oxygen atoms in total. The van der Waals surface area contributed by atoms with Crippen LogP contribution in [0.3, 0.4) is 0 Å². The number of carboxylic acids is 1. The number of carboxylic acid groups (broad SMARTS) is 1. The van der Waals surface area contributed by atoms with Crippen molar-refractivity contribution in [3.63, 3.8) is 0 Å². The maximum Gasteiger partial charge on any atom is 0.387 e. The average molecular weight is 444 g/mol. The van der Waals surface area contributed by atoms with E-state index in [1.165, 1.54) is 24.5 Å². The molecule has 0 bridgehead atoms. The second kappa shape index (κ2) is 8.15. The van der Waals surface area contributed by atoms with Crippen molar-refractivity contribution in [2.75, 3.05) is 0 Å². The number of rotatable bonds is 8. The number of ether oxygens (including phenoxy) is 1. The summed E-state index contributed by atoms with van der Waals surface area (Å²) in [7, 11) is 0. The summed E-state index contributed by atoms with van der Waals surface area (Å²) in [6, 6.07) is 4.57. The first-order chi connectivity index (χ1) is 15.1. The van der Waals surface area contributed by atoms with Gasteiger partial charge in [0.25, 0.3) is 0 Å². The number of aryl methyl sites for hydroxylation is 1. The van der Waals surface area contributed by atoms with E-state index >= 15 is 0 Å². The minimum absolute atomic E-state index is 0.0155. The second-order valence-electron chi connectivity index (χ2n) is 8.18. The third-order valence-electron chi connectivity index (χ3n) is 4.99. The van der Waals surface area contributed by atoms with Crippen LogP contribution in [0.25, 0.3) is 33.5 Å². The summed E-state index contributed by atoms with van der Waals surface area (Å²) >= 11 is 0. The van der Waals surface area contributed by atoms with E-state index in [0.717, 1.165) is 12.8 Å². The van der Waals surface area contributed by atoms with Crippen molar-refractivity contribution in [3.05, 3.63) is 36.2 Å². The van der Waals surface area contributed by atoms with Gasteiger partial charge in [0.15, 0.2) is 5.65 Å². The van der Waals surface area contributed by atoms with Crippen LogP contribution in [0.4, 0.5) is 8.78 Å². The zero-order chi connectivity index (χ0) is 23.0. The van der Waals surface area contributed by atoms with Gasteiger partial charge < -0.3 is 20.6 Å². The van der Waals surface area contributed by atoms with E-state index < -0.39 is 12.6 Å². The molecular formula is C21H22F2N6O3. The Morgan fingerprint density at radius 2 is 2.16 bits per heavy atom. The first-order valence-corrected chi connectivity index (χ1v) is 9.94. The van der Waals surface area contributed by atoms with Gasteiger partial charge in [-0.3, -0.25) is 4.68 Å². The summed E-state index contributed by atoms with van der Waals surface area (Å²) in [5.41, 5.74) is 7.62. The number of benzene rings is 1. The minimum Gasteiger partial charge on any atom is -0.478 e. The molecular weight excluding hydrogens is 422 g/mol. The predicted octanol–water partition coefficient (Wildman–Crippen LogP) is 3.79. The highest BCUT2D eigenvalue weighted by atomic mass is 19.3. The molecule has 0 atom stereocenters. The number of aromatic nitrogens is 5. The minimum atomic E-state index is -2.97. The fourth-order valence-electron chi connectivity index (χ4n) is 3.55. The summed E-state index contributed by atoms with van der Waals surface area (Å²) in [5.74, 6) is -1.16. The molecule has 0 saturated heterocycles. The summed E-state index contributed by atoms with van der Waals surface area (Å²) in [4.78, 5) is 22.9. The van der Waals surface area contributed by atoms with Crippen LogP contribution >= 0.6 is 0 Å². The van der Waals surface area contributed by atoms with Crippen molar-refractivity contribution in [2.24, 2.45) is 5.73 Å². The molecule has 168 valence electrons. The van der Waals surface area contributed by atoms with Gasteiger partial charge >= 0.3 is 12.6 Å². The Bertz CT molecular complexity index is 1290. The monoisotopic (exact) mass is 444 g/mol. The van der Waals surface area contributed by atoms with Gasteiger partial charge in [-0.25, -0.2) is 14.8 Å². The largest absolute Gasteiger partial charge is 0.478 e. The molecule has 3 aromatic heterocycles. The average Bonchev–Trinajstić information content (AvgIpc) is 3.27. The molecule has 0 saturated carbocycles. The molecule has 0 aliphatic heterocycles. The van der Waals surface area contributed by atoms with E-state index in [1.807, 2.05) is 13.8 Å². The molecule has 0 unspecified atom stereocenters. The normalized spacial score (nSPS) is 12.2. The molecule has 0 amide bonds. The van der Waals surface area contributed by atoms with Gasteiger partial charge in [0.05, 0.1) is 11.7 Å². The number of nitrogens with zero attached hydrogens (tertiary/aromatic N) is 4. The molecule has 4 aromatic rings. The van der Waals surface area contributed by atoms with E-state index in [2.05, 4.69) is 24.8 Å². The third kappa shape index (κ3) is 4.37. The molecule has 0 fully saturated rings. The summed E-state index contributed by atoms with van der Waals surface area (Å²) in [6.07, 6.45) is 4.28. The number of carbonyl (C=O) groups is 1. The lowest BCUT2D eigenvalue weighted by Crippen LogP contribution is -2.31. The van der Waals surface area contributed by atoms with Gasteiger partial charge in [0, 0.05) is 23.7 Å². The van der Waals surface area contributed by atoms with E-state index in [-0.39, 0.29) is 22.4 Å². The maximum absolute atomic E-state index is 12.8. The lowest BCUT2D eigenvalue weighted by molar-refractivity contribution is -0.0497. The van der Waals surface area contributed by atoms with E-state index in [9.17, 15) is 18.7 Å². The van der Waals surface area contributed by atoms with Gasteiger partial charge in [0.2, 0.25) is 0 Å². The van der Waals surface area contributed by atoms with Crippen LogP contribution in [0.2, 0.25) is 0 Å². The molecule has 1 aromatic carbocycles. The van der Waals surface area contributed by atoms with Crippen LogP contribution in [0, 0.1) is 0 Å². The molecule has 32 heavy (non-hydrogen) atoms. The zero-order valence-electron chi connectivity index (χ0n) is 17.5. The van der Waals surface area contributed by atoms with Crippen LogP contribution in [-0.4, -0.2) is 48.0 Å². The van der Waals surface area contributed by atoms with Gasteiger partial charge in [-0.1, -0.05) is 0 Å². The Balaban J connectivity index is 1.82. The van der Waals surface area contributed by atoms with Gasteiger partial charge in [0.1, 0.15) is 28.2 Å². The number of nitrogens with two attached hydrogens (primary N) is 1. The highest BCUT2D eigenvalue weighted by molar-refractivity contribution is 6.01. The Morgan fingerprint density at radius 3 is 2.84 bits per heavy atom. The number of aromatic amines is 1. The number of nitrogens with one attached hydrogen (secondary N) is 1. The van der Waals surface area contributed by atoms with Crippen LogP contribution < -0.4 is 10.5 Å². The molecule has 3 heterocycles. The van der Waals surface area contributed by atoms with Crippen molar-refractivity contribution in [2.45, 2.75) is 45.4 Å². The Hall–Kier alpha value is -3.60. The van der Waals surface area contributed by atoms with Crippen LogP contribution in [0.5, 0.6) is 5.75 Å². The quantitative estimate of drug-likeness (QED) is 0.377. The number of hydrogen-bond acceptors (Lipinski definition) is 6. The van der Waals surface area contributed by atoms with E-state index in [1.54, 1.807) is 10.7 Å². The van der Waals surface area contributed by atoms with Crippen LogP contribution in [0.15, 0.2) is 30.6 Å². The fraction of sp³-hybridized carbons (Fsp3) is 0.333. The van der Waals surface area contributed by atoms with E-state index in [0.29, 0.717) is 34.5 Å². The topological polar surface area (TPSA) is 132 Å². The predicted molar refractivity (Wildman–Crippen MR) is 114 cm³/mol. The lowest BCUT2D eigenvalue weighted by Gasteiger charge is -2.17. The number of H-pyrrole nitrogens is 1. The first-order valence-electron chi connectivity index (χ1n) is 9.94. The smallest absolute Gasteiger partial charge is 0.387 e. The molecule has 4 rings (SSSR count). The standard InChI is InChI=1S/C21H22F2N6O3/c1-21(2,24)6-3-7-29-15-5-4-11(32-20(22)23)8-12(15)16(28-29)14-10-26-18-17(27-14)13(9-25-18)19(30)31/h4-5,8-10,20H,3,6-7,24H2,1-2H3,(H,25,26)(H,30,31). The van der Waals surface area contributed by atoms with Gasteiger partial charge in [-0.15, -0.1) is 0 Å². The summed E-state index contributed by atoms with van der Waals surface area (Å²) in [6.45, 7) is 1.46. The first kappa shape index (κ1) is 21.6. The fourth-order valence-corrected chi connectivity index (χ4v) is 3.55. The number of alkyl halides is 2. The van der Waals surface area contributed by atoms with Crippen molar-refractivity contribution in [3.8, 4) is 17.1 Å². The van der Waals surface area contributed by atoms with Crippen molar-refractivity contribution in [1.29, 1.82) is 0 Å². The summed E-state index contributed by atoms with van der Waals surface area (Å²) < 4.78 is 31.8. The van der Waals surface area contributed by atoms with Crippen LogP contribution in [0.1, 0.15) is 37.0 Å². The van der Waals surface area contributed by atoms with E-state index in [4.69, 9.17) is 5.73 Å². The number of hydrogen-bond donors (Lipinski definition) is 3. The number of fused-ring (bicyclic) bond motifs is 2. The summed E-state index contributed by atoms with van der Waals surface area (Å²) in [5, 5.41) is 14.6. The highest BCUT2D eigenvalue weighted by Crippen LogP contribution is 2.31.